The molecule has 0 spiro atoms. The molecule has 1 heterocycles. The number of nitrogens with one attached hydrogen (secondary N) is 1. The van der Waals surface area contributed by atoms with E-state index in [2.05, 4.69) is 22.4 Å². The molecule has 15 heavy (non-hydrogen) atoms. The van der Waals surface area contributed by atoms with E-state index in [1.54, 1.807) is 6.20 Å². The van der Waals surface area contributed by atoms with Crippen LogP contribution in [0, 0.1) is 6.92 Å². The molecule has 3 heteroatoms. The van der Waals surface area contributed by atoms with Crippen molar-refractivity contribution in [1.82, 2.24) is 10.3 Å². The first-order chi connectivity index (χ1) is 7.34. The number of rotatable bonds is 4. The molecule has 1 aromatic heterocycles. The van der Waals surface area contributed by atoms with Crippen molar-refractivity contribution in [2.45, 2.75) is 20.0 Å². The molecule has 0 saturated heterocycles. The van der Waals surface area contributed by atoms with Crippen LogP contribution in [0.3, 0.4) is 0 Å². The summed E-state index contributed by atoms with van der Waals surface area (Å²) in [6.45, 7) is 3.41. The summed E-state index contributed by atoms with van der Waals surface area (Å²) in [4.78, 5) is 4.04. The molecule has 1 N–H and O–H groups in total. The van der Waals surface area contributed by atoms with E-state index in [0.717, 1.165) is 18.8 Å². The van der Waals surface area contributed by atoms with Crippen LogP contribution in [0.1, 0.15) is 17.2 Å². The van der Waals surface area contributed by atoms with Gasteiger partial charge in [0.25, 0.3) is 0 Å². The van der Waals surface area contributed by atoms with Crippen molar-refractivity contribution in [3.05, 3.63) is 53.7 Å². The first-order valence-corrected chi connectivity index (χ1v) is 5.00. The van der Waals surface area contributed by atoms with Crippen molar-refractivity contribution in [3.63, 3.8) is 0 Å². The van der Waals surface area contributed by atoms with Gasteiger partial charge in [0, 0.05) is 13.5 Å². The van der Waals surface area contributed by atoms with Gasteiger partial charge in [-0.25, -0.2) is 4.98 Å². The highest BCUT2D eigenvalue weighted by Gasteiger charge is 1.98. The van der Waals surface area contributed by atoms with Gasteiger partial charge in [0.1, 0.15) is 5.76 Å². The Labute approximate surface area is 89.1 Å². The fourth-order valence-electron chi connectivity index (χ4n) is 1.41. The minimum atomic E-state index is 0.714. The van der Waals surface area contributed by atoms with E-state index < -0.39 is 0 Å². The maximum atomic E-state index is 5.35. The second-order valence-electron chi connectivity index (χ2n) is 3.43. The molecule has 0 aliphatic carbocycles. The maximum Gasteiger partial charge on any atom is 0.191 e. The lowest BCUT2D eigenvalue weighted by Crippen LogP contribution is -2.11. The number of oxazole rings is 1. The van der Waals surface area contributed by atoms with E-state index in [0.29, 0.717) is 5.89 Å². The third-order valence-electron chi connectivity index (χ3n) is 2.14. The summed E-state index contributed by atoms with van der Waals surface area (Å²) < 4.78 is 5.35. The molecule has 0 atom stereocenters. The van der Waals surface area contributed by atoms with Gasteiger partial charge in [-0.1, -0.05) is 30.3 Å². The highest BCUT2D eigenvalue weighted by atomic mass is 16.4. The van der Waals surface area contributed by atoms with Crippen LogP contribution in [0.25, 0.3) is 0 Å². The Hall–Kier alpha value is -1.61. The molecule has 78 valence electrons. The minimum absolute atomic E-state index is 0.714. The zero-order valence-corrected chi connectivity index (χ0v) is 8.73. The maximum absolute atomic E-state index is 5.35. The Kier molecular flexibility index (Phi) is 3.15. The SMILES string of the molecule is Cc1ncc(CNCc2ccccc2)o1. The molecule has 0 fully saturated rings. The van der Waals surface area contributed by atoms with Gasteiger partial charge in [0.2, 0.25) is 0 Å². The Morgan fingerprint density at radius 1 is 1.20 bits per heavy atom. The van der Waals surface area contributed by atoms with E-state index in [1.807, 2.05) is 25.1 Å². The average molecular weight is 202 g/mol. The van der Waals surface area contributed by atoms with E-state index in [4.69, 9.17) is 4.42 Å². The Morgan fingerprint density at radius 3 is 2.67 bits per heavy atom. The molecule has 2 aromatic rings. The van der Waals surface area contributed by atoms with Gasteiger partial charge in [0.05, 0.1) is 12.7 Å². The van der Waals surface area contributed by atoms with Gasteiger partial charge < -0.3 is 9.73 Å². The van der Waals surface area contributed by atoms with E-state index in [9.17, 15) is 0 Å². The van der Waals surface area contributed by atoms with Crippen molar-refractivity contribution in [2.24, 2.45) is 0 Å². The standard InChI is InChI=1S/C12H14N2O/c1-10-14-9-12(15-10)8-13-7-11-5-3-2-4-6-11/h2-6,9,13H,7-8H2,1H3. The second kappa shape index (κ2) is 4.75. The summed E-state index contributed by atoms with van der Waals surface area (Å²) in [6, 6.07) is 10.3. The van der Waals surface area contributed by atoms with Crippen LogP contribution in [-0.2, 0) is 13.1 Å². The highest BCUT2D eigenvalue weighted by molar-refractivity contribution is 5.14. The van der Waals surface area contributed by atoms with Crippen molar-refractivity contribution in [1.29, 1.82) is 0 Å². The fraction of sp³-hybridized carbons (Fsp3) is 0.250. The number of hydrogen-bond acceptors (Lipinski definition) is 3. The van der Waals surface area contributed by atoms with E-state index >= 15 is 0 Å². The predicted octanol–water partition coefficient (Wildman–Crippen LogP) is 2.27. The summed E-state index contributed by atoms with van der Waals surface area (Å²) in [5.74, 6) is 1.59. The first-order valence-electron chi connectivity index (χ1n) is 5.00. The van der Waals surface area contributed by atoms with Crippen molar-refractivity contribution in [2.75, 3.05) is 0 Å². The molecule has 0 aliphatic heterocycles. The van der Waals surface area contributed by atoms with Gasteiger partial charge in [-0.05, 0) is 5.56 Å². The summed E-state index contributed by atoms with van der Waals surface area (Å²) >= 11 is 0. The molecular formula is C12H14N2O. The van der Waals surface area contributed by atoms with E-state index in [1.165, 1.54) is 5.56 Å². The lowest BCUT2D eigenvalue weighted by atomic mass is 10.2. The predicted molar refractivity (Wildman–Crippen MR) is 58.2 cm³/mol. The fourth-order valence-corrected chi connectivity index (χ4v) is 1.41. The first kappa shape index (κ1) is 9.93. The lowest BCUT2D eigenvalue weighted by Gasteiger charge is -2.01. The van der Waals surface area contributed by atoms with E-state index in [-0.39, 0.29) is 0 Å². The number of nitrogens with zero attached hydrogens (tertiary/aromatic N) is 1. The number of aromatic nitrogens is 1. The van der Waals surface area contributed by atoms with Crippen molar-refractivity contribution >= 4 is 0 Å². The van der Waals surface area contributed by atoms with Gasteiger partial charge in [-0.2, -0.15) is 0 Å². The molecule has 0 aliphatic rings. The molecule has 1 aromatic carbocycles. The normalized spacial score (nSPS) is 10.5. The van der Waals surface area contributed by atoms with Gasteiger partial charge >= 0.3 is 0 Å². The molecule has 3 nitrogen and oxygen atoms in total. The van der Waals surface area contributed by atoms with Gasteiger partial charge in [-0.3, -0.25) is 0 Å². The van der Waals surface area contributed by atoms with Crippen molar-refractivity contribution in [3.8, 4) is 0 Å². The molecular weight excluding hydrogens is 188 g/mol. The highest BCUT2D eigenvalue weighted by Crippen LogP contribution is 2.02. The summed E-state index contributed by atoms with van der Waals surface area (Å²) in [7, 11) is 0. The van der Waals surface area contributed by atoms with Crippen LogP contribution in [-0.4, -0.2) is 4.98 Å². The molecule has 0 saturated carbocycles. The smallest absolute Gasteiger partial charge is 0.191 e. The monoisotopic (exact) mass is 202 g/mol. The average Bonchev–Trinajstić information content (AvgIpc) is 2.66. The Morgan fingerprint density at radius 2 is 2.00 bits per heavy atom. The summed E-state index contributed by atoms with van der Waals surface area (Å²) in [5.41, 5.74) is 1.27. The number of hydrogen-bond donors (Lipinski definition) is 1. The van der Waals surface area contributed by atoms with Gasteiger partial charge in [-0.15, -0.1) is 0 Å². The zero-order valence-electron chi connectivity index (χ0n) is 8.73. The number of benzene rings is 1. The van der Waals surface area contributed by atoms with Crippen LogP contribution in [0.15, 0.2) is 40.9 Å². The van der Waals surface area contributed by atoms with Crippen molar-refractivity contribution < 1.29 is 4.42 Å². The largest absolute Gasteiger partial charge is 0.445 e. The minimum Gasteiger partial charge on any atom is -0.445 e. The van der Waals surface area contributed by atoms with Crippen LogP contribution < -0.4 is 5.32 Å². The topological polar surface area (TPSA) is 38.1 Å². The van der Waals surface area contributed by atoms with Crippen LogP contribution >= 0.6 is 0 Å². The third kappa shape index (κ3) is 2.92. The summed E-state index contributed by atoms with van der Waals surface area (Å²) in [6.07, 6.45) is 1.76. The zero-order chi connectivity index (χ0) is 10.5. The van der Waals surface area contributed by atoms with Crippen LogP contribution in [0.5, 0.6) is 0 Å². The molecule has 2 rings (SSSR count). The molecule has 0 radical (unpaired) electrons. The summed E-state index contributed by atoms with van der Waals surface area (Å²) in [5, 5.41) is 3.30. The molecule has 0 amide bonds. The van der Waals surface area contributed by atoms with Gasteiger partial charge in [0.15, 0.2) is 5.89 Å². The second-order valence-corrected chi connectivity index (χ2v) is 3.43. The van der Waals surface area contributed by atoms with Crippen LogP contribution in [0.2, 0.25) is 0 Å². The molecule has 0 unspecified atom stereocenters. The quantitative estimate of drug-likeness (QED) is 0.826. The number of aryl methyl sites for hydroxylation is 1. The Balaban J connectivity index is 1.80. The Bertz CT molecular complexity index is 409. The third-order valence-corrected chi connectivity index (χ3v) is 2.14. The lowest BCUT2D eigenvalue weighted by molar-refractivity contribution is 0.455. The van der Waals surface area contributed by atoms with Crippen LogP contribution in [0.4, 0.5) is 0 Å². The molecule has 0 bridgehead atoms.